The van der Waals surface area contributed by atoms with Crippen LogP contribution in [0.15, 0.2) is 60.7 Å². The molecule has 2 aromatic carbocycles. The van der Waals surface area contributed by atoms with E-state index in [2.05, 4.69) is 10.6 Å². The van der Waals surface area contributed by atoms with E-state index in [0.717, 1.165) is 10.4 Å². The van der Waals surface area contributed by atoms with Gasteiger partial charge < -0.3 is 24.4 Å². The van der Waals surface area contributed by atoms with Crippen molar-refractivity contribution >= 4 is 47.0 Å². The molecule has 37 heavy (non-hydrogen) atoms. The number of amides is 2. The van der Waals surface area contributed by atoms with Crippen LogP contribution >= 0.6 is 18.9 Å². The minimum absolute atomic E-state index is 0.177. The van der Waals surface area contributed by atoms with Crippen molar-refractivity contribution in [3.63, 3.8) is 0 Å². The summed E-state index contributed by atoms with van der Waals surface area (Å²) in [6, 6.07) is 17.2. The lowest BCUT2D eigenvalue weighted by Gasteiger charge is -2.17. The average molecular weight is 545 g/mol. The highest BCUT2D eigenvalue weighted by atomic mass is 32.1. The molecule has 3 aromatic rings. The van der Waals surface area contributed by atoms with Crippen LogP contribution in [0.3, 0.4) is 0 Å². The summed E-state index contributed by atoms with van der Waals surface area (Å²) in [6.07, 6.45) is 0. The quantitative estimate of drug-likeness (QED) is 0.247. The molecule has 0 unspecified atom stereocenters. The van der Waals surface area contributed by atoms with Gasteiger partial charge in [0.05, 0.1) is 37.2 Å². The Morgan fingerprint density at radius 3 is 2.24 bits per heavy atom. The maximum atomic E-state index is 13.0. The van der Waals surface area contributed by atoms with Crippen molar-refractivity contribution in [2.24, 2.45) is 0 Å². The van der Waals surface area contributed by atoms with E-state index >= 15 is 0 Å². The Labute approximate surface area is 219 Å². The van der Waals surface area contributed by atoms with E-state index in [0.29, 0.717) is 5.00 Å². The van der Waals surface area contributed by atoms with Crippen molar-refractivity contribution in [2.45, 2.75) is 20.8 Å². The fourth-order valence-corrected chi connectivity index (χ4v) is 6.05. The number of hydrogen-bond donors (Lipinski definition) is 2. The van der Waals surface area contributed by atoms with Gasteiger partial charge in [-0.1, -0.05) is 36.4 Å². The Balaban J connectivity index is 1.71. The molecule has 1 heterocycles. The number of carbonyl (C=O) groups excluding carboxylic acids is 3. The van der Waals surface area contributed by atoms with Gasteiger partial charge in [0.15, 0.2) is 0 Å². The van der Waals surface area contributed by atoms with Crippen molar-refractivity contribution < 1.29 is 32.7 Å². The van der Waals surface area contributed by atoms with Gasteiger partial charge in [-0.05, 0) is 50.6 Å². The predicted octanol–water partition coefficient (Wildman–Crippen LogP) is 4.85. The van der Waals surface area contributed by atoms with Gasteiger partial charge in [-0.3, -0.25) is 14.2 Å². The summed E-state index contributed by atoms with van der Waals surface area (Å²) in [5.41, 5.74) is 1.32. The molecule has 9 nitrogen and oxygen atoms in total. The Kier molecular flexibility index (Phi) is 10.2. The van der Waals surface area contributed by atoms with Gasteiger partial charge in [-0.2, -0.15) is 0 Å². The van der Waals surface area contributed by atoms with Crippen LogP contribution in [0.4, 0.5) is 5.00 Å². The standard InChI is InChI=1S/C26H29N2O7PS/c1-4-33-26(31)21-16-22(18-11-8-7-9-12-18)37-25(21)28-23(29)17-27-24(30)19-13-10-14-20(15-19)36(32,34-5-2)35-6-3/h7-16H,4-6,17H2,1-3H3,(H,27,30)(H,28,29). The second-order valence-corrected chi connectivity index (χ2v) is 10.6. The predicted molar refractivity (Wildman–Crippen MR) is 144 cm³/mol. The average Bonchev–Trinajstić information content (AvgIpc) is 3.32. The number of thiophene rings is 1. The number of ether oxygens (including phenoxy) is 1. The summed E-state index contributed by atoms with van der Waals surface area (Å²) in [4.78, 5) is 38.6. The zero-order valence-electron chi connectivity index (χ0n) is 20.8. The van der Waals surface area contributed by atoms with E-state index in [1.807, 2.05) is 30.3 Å². The zero-order chi connectivity index (χ0) is 26.8. The maximum absolute atomic E-state index is 13.0. The molecule has 0 atom stereocenters. The zero-order valence-corrected chi connectivity index (χ0v) is 22.5. The minimum atomic E-state index is -3.57. The fourth-order valence-electron chi connectivity index (χ4n) is 3.37. The number of carbonyl (C=O) groups is 3. The van der Waals surface area contributed by atoms with E-state index < -0.39 is 25.4 Å². The van der Waals surface area contributed by atoms with Crippen molar-refractivity contribution in [1.29, 1.82) is 0 Å². The van der Waals surface area contributed by atoms with Gasteiger partial charge in [0.25, 0.3) is 5.91 Å². The molecule has 0 fully saturated rings. The molecule has 3 rings (SSSR count). The molecular formula is C26H29N2O7PS. The largest absolute Gasteiger partial charge is 0.462 e. The van der Waals surface area contributed by atoms with Gasteiger partial charge in [0.1, 0.15) is 5.00 Å². The number of anilines is 1. The molecule has 1 aromatic heterocycles. The van der Waals surface area contributed by atoms with Crippen LogP contribution in [-0.4, -0.2) is 44.1 Å². The fraction of sp³-hybridized carbons (Fsp3) is 0.269. The Hall–Kier alpha value is -3.30. The molecule has 0 saturated heterocycles. The lowest BCUT2D eigenvalue weighted by Crippen LogP contribution is -2.33. The maximum Gasteiger partial charge on any atom is 0.361 e. The first-order valence-electron chi connectivity index (χ1n) is 11.7. The first-order valence-corrected chi connectivity index (χ1v) is 14.1. The van der Waals surface area contributed by atoms with Crippen molar-refractivity contribution in [1.82, 2.24) is 5.32 Å². The number of nitrogens with one attached hydrogen (secondary N) is 2. The van der Waals surface area contributed by atoms with Gasteiger partial charge in [0, 0.05) is 10.4 Å². The SMILES string of the molecule is CCOC(=O)c1cc(-c2ccccc2)sc1NC(=O)CNC(=O)c1cccc(P(=O)(OCC)OCC)c1. The lowest BCUT2D eigenvalue weighted by atomic mass is 10.1. The van der Waals surface area contributed by atoms with Gasteiger partial charge in [0.2, 0.25) is 5.91 Å². The lowest BCUT2D eigenvalue weighted by molar-refractivity contribution is -0.115. The smallest absolute Gasteiger partial charge is 0.361 e. The molecule has 0 radical (unpaired) electrons. The van der Waals surface area contributed by atoms with Gasteiger partial charge in [-0.15, -0.1) is 11.3 Å². The first kappa shape index (κ1) is 28.3. The molecule has 0 spiro atoms. The highest BCUT2D eigenvalue weighted by Gasteiger charge is 2.27. The van der Waals surface area contributed by atoms with Crippen LogP contribution in [0, 0.1) is 0 Å². The number of esters is 1. The molecule has 2 amide bonds. The molecule has 0 aliphatic rings. The molecule has 0 aliphatic carbocycles. The Morgan fingerprint density at radius 1 is 0.892 bits per heavy atom. The Morgan fingerprint density at radius 2 is 1.59 bits per heavy atom. The van der Waals surface area contributed by atoms with E-state index in [9.17, 15) is 18.9 Å². The van der Waals surface area contributed by atoms with Crippen molar-refractivity contribution in [3.05, 3.63) is 71.8 Å². The van der Waals surface area contributed by atoms with Gasteiger partial charge >= 0.3 is 13.6 Å². The minimum Gasteiger partial charge on any atom is -0.462 e. The topological polar surface area (TPSA) is 120 Å². The van der Waals surface area contributed by atoms with E-state index in [4.69, 9.17) is 13.8 Å². The molecule has 196 valence electrons. The third-order valence-electron chi connectivity index (χ3n) is 4.97. The third-order valence-corrected chi connectivity index (χ3v) is 8.18. The third kappa shape index (κ3) is 7.36. The first-order chi connectivity index (χ1) is 17.8. The summed E-state index contributed by atoms with van der Waals surface area (Å²) in [7, 11) is -3.57. The normalized spacial score (nSPS) is 11.1. The summed E-state index contributed by atoms with van der Waals surface area (Å²) in [5, 5.41) is 5.81. The molecule has 0 saturated carbocycles. The number of benzene rings is 2. The highest BCUT2D eigenvalue weighted by Crippen LogP contribution is 2.46. The second kappa shape index (κ2) is 13.3. The van der Waals surface area contributed by atoms with Crippen LogP contribution in [0.25, 0.3) is 10.4 Å². The molecule has 0 aliphatic heterocycles. The Bertz CT molecular complexity index is 1280. The van der Waals surface area contributed by atoms with Crippen LogP contribution in [0.2, 0.25) is 0 Å². The number of rotatable bonds is 12. The summed E-state index contributed by atoms with van der Waals surface area (Å²) in [5.74, 6) is -1.62. The van der Waals surface area contributed by atoms with Crippen LogP contribution in [0.5, 0.6) is 0 Å². The summed E-state index contributed by atoms with van der Waals surface area (Å²) < 4.78 is 28.8. The monoisotopic (exact) mass is 544 g/mol. The van der Waals surface area contributed by atoms with E-state index in [1.54, 1.807) is 39.0 Å². The van der Waals surface area contributed by atoms with Gasteiger partial charge in [-0.25, -0.2) is 4.79 Å². The van der Waals surface area contributed by atoms with Crippen molar-refractivity contribution in [2.75, 3.05) is 31.7 Å². The second-order valence-electron chi connectivity index (χ2n) is 7.55. The molecule has 2 N–H and O–H groups in total. The van der Waals surface area contributed by atoms with E-state index in [-0.39, 0.29) is 42.8 Å². The highest BCUT2D eigenvalue weighted by molar-refractivity contribution is 7.62. The number of hydrogen-bond acceptors (Lipinski definition) is 8. The molecule has 0 bridgehead atoms. The van der Waals surface area contributed by atoms with Crippen LogP contribution in [0.1, 0.15) is 41.5 Å². The van der Waals surface area contributed by atoms with E-state index in [1.165, 1.54) is 23.5 Å². The molecule has 11 heteroatoms. The summed E-state index contributed by atoms with van der Waals surface area (Å²) >= 11 is 1.24. The van der Waals surface area contributed by atoms with Crippen LogP contribution < -0.4 is 15.9 Å². The van der Waals surface area contributed by atoms with Crippen LogP contribution in [-0.2, 0) is 23.1 Å². The summed E-state index contributed by atoms with van der Waals surface area (Å²) in [6.45, 7) is 5.30. The molecular weight excluding hydrogens is 515 g/mol. The van der Waals surface area contributed by atoms with Crippen molar-refractivity contribution in [3.8, 4) is 10.4 Å².